The van der Waals surface area contributed by atoms with Crippen LogP contribution in [0, 0.1) is 11.6 Å². The molecule has 35 heavy (non-hydrogen) atoms. The number of nitrogens with two attached hydrogens (primary N) is 1. The van der Waals surface area contributed by atoms with Gasteiger partial charge in [0.2, 0.25) is 0 Å². The Labute approximate surface area is 202 Å². The van der Waals surface area contributed by atoms with Crippen molar-refractivity contribution >= 4 is 28.7 Å². The monoisotopic (exact) mass is 510 g/mol. The quantitative estimate of drug-likeness (QED) is 0.413. The van der Waals surface area contributed by atoms with Crippen molar-refractivity contribution in [3.05, 3.63) is 46.1 Å². The number of fused-ring (bicyclic) bond motifs is 2. The number of nitrogens with zero attached hydrogens (tertiary/aromatic N) is 2. The molecule has 3 aromatic rings. The molecule has 2 fully saturated rings. The fourth-order valence-corrected chi connectivity index (χ4v) is 4.40. The predicted octanol–water partition coefficient (Wildman–Crippen LogP) is 1.44. The summed E-state index contributed by atoms with van der Waals surface area (Å²) in [6.07, 6.45) is -1.87. The van der Waals surface area contributed by atoms with Crippen molar-refractivity contribution in [3.8, 4) is 11.8 Å². The van der Waals surface area contributed by atoms with E-state index >= 15 is 0 Å². The molecule has 5 rings (SSSR count). The van der Waals surface area contributed by atoms with Crippen LogP contribution in [-0.4, -0.2) is 70.2 Å². The Bertz CT molecular complexity index is 1250. The van der Waals surface area contributed by atoms with E-state index < -0.39 is 48.6 Å². The minimum Gasteiger partial charge on any atom is -0.484 e. The van der Waals surface area contributed by atoms with E-state index in [1.807, 2.05) is 0 Å². The molecule has 1 aromatic carbocycles. The Morgan fingerprint density at radius 3 is 2.66 bits per heavy atom. The molecule has 0 bridgehead atoms. The highest BCUT2D eigenvalue weighted by Crippen LogP contribution is 2.30. The molecule has 2 aliphatic rings. The zero-order valence-electron chi connectivity index (χ0n) is 18.2. The first-order chi connectivity index (χ1) is 16.8. The van der Waals surface area contributed by atoms with Crippen LogP contribution in [0.2, 0.25) is 5.02 Å². The third kappa shape index (κ3) is 4.87. The van der Waals surface area contributed by atoms with E-state index in [0.29, 0.717) is 21.9 Å². The van der Waals surface area contributed by atoms with Crippen LogP contribution < -0.4 is 15.2 Å². The van der Waals surface area contributed by atoms with Crippen LogP contribution in [0.5, 0.6) is 11.8 Å². The normalized spacial score (nSPS) is 23.5. The molecule has 0 spiro atoms. The molecule has 0 saturated carbocycles. The summed E-state index contributed by atoms with van der Waals surface area (Å²) in [5.41, 5.74) is 6.04. The van der Waals surface area contributed by atoms with E-state index in [9.17, 15) is 18.7 Å². The predicted molar refractivity (Wildman–Crippen MR) is 117 cm³/mol. The molecule has 2 aliphatic heterocycles. The molecule has 2 saturated heterocycles. The lowest BCUT2D eigenvalue weighted by Gasteiger charge is -2.15. The SMILES string of the molecule is NC(=O)COc1cc(F)c(CCc2nc3nc(O[C@@H]4CO[C@H]5[C@@H]4OC[C@H]5O)[nH]c3cc2Cl)c(F)c1. The number of aromatic nitrogens is 3. The number of imidazole rings is 1. The zero-order valence-corrected chi connectivity index (χ0v) is 18.9. The fourth-order valence-electron chi connectivity index (χ4n) is 4.15. The number of carbonyl (C=O) groups is 1. The van der Waals surface area contributed by atoms with E-state index in [1.54, 1.807) is 6.07 Å². The number of hydrogen-bond acceptors (Lipinski definition) is 8. The number of benzene rings is 1. The summed E-state index contributed by atoms with van der Waals surface area (Å²) in [5.74, 6) is -2.55. The van der Waals surface area contributed by atoms with E-state index in [4.69, 9.17) is 36.3 Å². The number of aromatic amines is 1. The minimum absolute atomic E-state index is 0.0259. The number of aryl methyl sites for hydroxylation is 1. The molecule has 1 amide bonds. The number of aliphatic hydroxyl groups is 1. The average Bonchev–Trinajstić information content (AvgIpc) is 3.48. The van der Waals surface area contributed by atoms with E-state index in [-0.39, 0.29) is 43.4 Å². The minimum atomic E-state index is -0.825. The van der Waals surface area contributed by atoms with E-state index in [0.717, 1.165) is 12.1 Å². The highest BCUT2D eigenvalue weighted by Gasteiger charge is 2.48. The first-order valence-corrected chi connectivity index (χ1v) is 11.2. The van der Waals surface area contributed by atoms with Gasteiger partial charge in [-0.15, -0.1) is 0 Å². The van der Waals surface area contributed by atoms with E-state index in [1.165, 1.54) is 0 Å². The van der Waals surface area contributed by atoms with Gasteiger partial charge in [-0.3, -0.25) is 4.79 Å². The standard InChI is InChI=1S/C22H21ClF2N4O6/c23-11-5-15-21(29-22(28-15)35-17-7-34-19-16(30)6-33-20(17)19)27-14(11)2-1-10-12(24)3-9(4-13(10)25)32-8-18(26)31/h3-5,16-17,19-20,30H,1-2,6-8H2,(H2,26,31)(H,27,28,29)/t16-,17-,19-,20-/m1/s1. The number of aliphatic hydroxyl groups excluding tert-OH is 1. The second-order valence-electron chi connectivity index (χ2n) is 8.27. The van der Waals surface area contributed by atoms with Crippen LogP contribution in [0.3, 0.4) is 0 Å². The highest BCUT2D eigenvalue weighted by molar-refractivity contribution is 6.31. The van der Waals surface area contributed by atoms with Crippen molar-refractivity contribution in [3.63, 3.8) is 0 Å². The molecule has 4 atom stereocenters. The lowest BCUT2D eigenvalue weighted by Crippen LogP contribution is -2.34. The van der Waals surface area contributed by atoms with E-state index in [2.05, 4.69) is 15.0 Å². The lowest BCUT2D eigenvalue weighted by atomic mass is 10.1. The number of nitrogens with one attached hydrogen (secondary N) is 1. The van der Waals surface area contributed by atoms with Crippen molar-refractivity contribution in [2.45, 2.75) is 37.3 Å². The van der Waals surface area contributed by atoms with Gasteiger partial charge in [0.05, 0.1) is 29.4 Å². The number of carbonyl (C=O) groups excluding carboxylic acids is 1. The summed E-state index contributed by atoms with van der Waals surface area (Å²) in [6.45, 7) is -0.0658. The van der Waals surface area contributed by atoms with Crippen molar-refractivity contribution in [1.29, 1.82) is 0 Å². The number of rotatable bonds is 8. The number of H-pyrrole nitrogens is 1. The van der Waals surface area contributed by atoms with Crippen LogP contribution in [-0.2, 0) is 27.1 Å². The average molecular weight is 511 g/mol. The summed E-state index contributed by atoms with van der Waals surface area (Å²) >= 11 is 6.34. The van der Waals surface area contributed by atoms with Gasteiger partial charge in [0, 0.05) is 17.7 Å². The van der Waals surface area contributed by atoms with Crippen LogP contribution in [0.4, 0.5) is 8.78 Å². The summed E-state index contributed by atoms with van der Waals surface area (Å²) in [5, 5.41) is 10.2. The molecule has 0 radical (unpaired) electrons. The Kier molecular flexibility index (Phi) is 6.45. The smallest absolute Gasteiger partial charge is 0.296 e. The molecule has 4 N–H and O–H groups in total. The van der Waals surface area contributed by atoms with Gasteiger partial charge >= 0.3 is 0 Å². The second-order valence-corrected chi connectivity index (χ2v) is 8.68. The van der Waals surface area contributed by atoms with Gasteiger partial charge in [-0.1, -0.05) is 11.6 Å². The van der Waals surface area contributed by atoms with Crippen molar-refractivity contribution in [2.24, 2.45) is 5.73 Å². The van der Waals surface area contributed by atoms with Gasteiger partial charge in [-0.05, 0) is 18.9 Å². The number of amides is 1. The van der Waals surface area contributed by atoms with Crippen molar-refractivity contribution in [1.82, 2.24) is 15.0 Å². The summed E-state index contributed by atoms with van der Waals surface area (Å²) in [6, 6.07) is 3.77. The first-order valence-electron chi connectivity index (χ1n) is 10.8. The van der Waals surface area contributed by atoms with Crippen molar-refractivity contribution in [2.75, 3.05) is 19.8 Å². The van der Waals surface area contributed by atoms with Crippen LogP contribution >= 0.6 is 11.6 Å². The topological polar surface area (TPSA) is 142 Å². The number of hydrogen-bond donors (Lipinski definition) is 3. The number of primary amides is 1. The molecule has 186 valence electrons. The van der Waals surface area contributed by atoms with Gasteiger partial charge in [0.15, 0.2) is 18.4 Å². The fraction of sp³-hybridized carbons (Fsp3) is 0.409. The third-order valence-corrected chi connectivity index (χ3v) is 6.16. The molecule has 13 heteroatoms. The Hall–Kier alpha value is -3.06. The van der Waals surface area contributed by atoms with Crippen LogP contribution in [0.15, 0.2) is 18.2 Å². The Balaban J connectivity index is 1.28. The second kappa shape index (κ2) is 9.53. The number of halogens is 3. The van der Waals surface area contributed by atoms with Crippen LogP contribution in [0.1, 0.15) is 11.3 Å². The summed E-state index contributed by atoms with van der Waals surface area (Å²) < 4.78 is 50.8. The lowest BCUT2D eigenvalue weighted by molar-refractivity contribution is -0.119. The van der Waals surface area contributed by atoms with Gasteiger partial charge in [0.1, 0.15) is 35.7 Å². The summed E-state index contributed by atoms with van der Waals surface area (Å²) in [4.78, 5) is 22.5. The Morgan fingerprint density at radius 2 is 1.91 bits per heavy atom. The number of ether oxygens (including phenoxy) is 4. The molecule has 10 nitrogen and oxygen atoms in total. The molecular weight excluding hydrogens is 490 g/mol. The summed E-state index contributed by atoms with van der Waals surface area (Å²) in [7, 11) is 0. The zero-order chi connectivity index (χ0) is 24.7. The maximum atomic E-state index is 14.4. The molecule has 4 heterocycles. The molecule has 0 unspecified atom stereocenters. The first kappa shape index (κ1) is 23.7. The number of pyridine rings is 1. The van der Waals surface area contributed by atoms with Crippen molar-refractivity contribution < 1.29 is 37.6 Å². The molecule has 0 aliphatic carbocycles. The van der Waals surface area contributed by atoms with Gasteiger partial charge < -0.3 is 34.8 Å². The molecular formula is C22H21ClF2N4O6. The van der Waals surface area contributed by atoms with Gasteiger partial charge in [-0.2, -0.15) is 4.98 Å². The molecule has 2 aromatic heterocycles. The maximum absolute atomic E-state index is 14.4. The largest absolute Gasteiger partial charge is 0.484 e. The maximum Gasteiger partial charge on any atom is 0.296 e. The Morgan fingerprint density at radius 1 is 1.17 bits per heavy atom. The third-order valence-electron chi connectivity index (χ3n) is 5.83. The van der Waals surface area contributed by atoms with Gasteiger partial charge in [0.25, 0.3) is 11.9 Å². The highest BCUT2D eigenvalue weighted by atomic mass is 35.5. The van der Waals surface area contributed by atoms with Crippen LogP contribution in [0.25, 0.3) is 11.2 Å². The van der Waals surface area contributed by atoms with Gasteiger partial charge in [-0.25, -0.2) is 13.8 Å².